The summed E-state index contributed by atoms with van der Waals surface area (Å²) in [6.07, 6.45) is 0. The van der Waals surface area contributed by atoms with Crippen LogP contribution >= 0.6 is 22.6 Å². The molecule has 0 aliphatic heterocycles. The standard InChI is InChI=1S/C17H17IN2O5/c1-7-4-9(21)6-11(15(20)17(24)25)13(7)10-5-8(2-3-12(10)18)14(19)16(22)23/h2-6,14-15,21H,19-20H2,1H3,(H,22,23)(H,24,25)/t14-,15+/m1/s1. The van der Waals surface area contributed by atoms with Gasteiger partial charge in [0.1, 0.15) is 17.8 Å². The minimum absolute atomic E-state index is 0.0960. The predicted octanol–water partition coefficient (Wildman–Crippen LogP) is 2.14. The van der Waals surface area contributed by atoms with Crippen LogP contribution in [0.25, 0.3) is 11.1 Å². The summed E-state index contributed by atoms with van der Waals surface area (Å²) in [5.74, 6) is -2.50. The fourth-order valence-electron chi connectivity index (χ4n) is 2.61. The van der Waals surface area contributed by atoms with E-state index >= 15 is 0 Å². The third-order valence-corrected chi connectivity index (χ3v) is 4.78. The number of hydrogen-bond acceptors (Lipinski definition) is 5. The Morgan fingerprint density at radius 1 is 1.04 bits per heavy atom. The third-order valence-electron chi connectivity index (χ3n) is 3.84. The highest BCUT2D eigenvalue weighted by molar-refractivity contribution is 14.1. The number of halogens is 1. The number of nitrogens with two attached hydrogens (primary N) is 2. The van der Waals surface area contributed by atoms with E-state index in [1.165, 1.54) is 12.1 Å². The van der Waals surface area contributed by atoms with Gasteiger partial charge in [0.05, 0.1) is 0 Å². The van der Waals surface area contributed by atoms with E-state index in [1.54, 1.807) is 25.1 Å². The van der Waals surface area contributed by atoms with Crippen molar-refractivity contribution in [1.29, 1.82) is 0 Å². The van der Waals surface area contributed by atoms with Crippen LogP contribution in [0.1, 0.15) is 28.8 Å². The van der Waals surface area contributed by atoms with Crippen LogP contribution in [0, 0.1) is 10.5 Å². The zero-order valence-electron chi connectivity index (χ0n) is 13.2. The molecule has 0 fully saturated rings. The molecule has 0 aliphatic carbocycles. The van der Waals surface area contributed by atoms with E-state index in [0.717, 1.165) is 3.57 Å². The van der Waals surface area contributed by atoms with E-state index in [9.17, 15) is 19.8 Å². The molecule has 0 bridgehead atoms. The van der Waals surface area contributed by atoms with Crippen LogP contribution in [0.15, 0.2) is 30.3 Å². The molecule has 0 aliphatic rings. The van der Waals surface area contributed by atoms with Crippen molar-refractivity contribution in [3.63, 3.8) is 0 Å². The molecular weight excluding hydrogens is 439 g/mol. The second-order valence-corrected chi connectivity index (χ2v) is 6.76. The van der Waals surface area contributed by atoms with Crippen molar-refractivity contribution in [3.05, 3.63) is 50.6 Å². The lowest BCUT2D eigenvalue weighted by atomic mass is 9.89. The summed E-state index contributed by atoms with van der Waals surface area (Å²) in [7, 11) is 0. The Morgan fingerprint density at radius 3 is 2.20 bits per heavy atom. The van der Waals surface area contributed by atoms with Crippen LogP contribution in [0.3, 0.4) is 0 Å². The molecule has 8 heteroatoms. The van der Waals surface area contributed by atoms with Gasteiger partial charge < -0.3 is 26.8 Å². The van der Waals surface area contributed by atoms with Gasteiger partial charge in [-0.1, -0.05) is 6.07 Å². The van der Waals surface area contributed by atoms with Crippen LogP contribution < -0.4 is 11.5 Å². The predicted molar refractivity (Wildman–Crippen MR) is 100 cm³/mol. The van der Waals surface area contributed by atoms with E-state index in [0.29, 0.717) is 22.3 Å². The third kappa shape index (κ3) is 3.91. The summed E-state index contributed by atoms with van der Waals surface area (Å²) >= 11 is 2.07. The number of rotatable bonds is 5. The highest BCUT2D eigenvalue weighted by Gasteiger charge is 2.24. The van der Waals surface area contributed by atoms with Gasteiger partial charge in [0.25, 0.3) is 0 Å². The minimum atomic E-state index is -1.34. The molecule has 2 atom stereocenters. The van der Waals surface area contributed by atoms with Gasteiger partial charge in [0.2, 0.25) is 0 Å². The Hall–Kier alpha value is -2.17. The number of aliphatic carboxylic acids is 2. The first-order valence-corrected chi connectivity index (χ1v) is 8.31. The first-order chi connectivity index (χ1) is 11.6. The van der Waals surface area contributed by atoms with Gasteiger partial charge in [-0.3, -0.25) is 9.59 Å². The van der Waals surface area contributed by atoms with Gasteiger partial charge in [0, 0.05) is 3.57 Å². The molecule has 0 saturated carbocycles. The molecular formula is C17H17IN2O5. The van der Waals surface area contributed by atoms with E-state index in [-0.39, 0.29) is 11.3 Å². The Morgan fingerprint density at radius 2 is 1.64 bits per heavy atom. The summed E-state index contributed by atoms with van der Waals surface area (Å²) < 4.78 is 0.770. The Balaban J connectivity index is 2.75. The summed E-state index contributed by atoms with van der Waals surface area (Å²) in [5.41, 5.74) is 13.8. The lowest BCUT2D eigenvalue weighted by molar-refractivity contribution is -0.139. The minimum Gasteiger partial charge on any atom is -0.508 e. The average Bonchev–Trinajstić information content (AvgIpc) is 2.53. The van der Waals surface area contributed by atoms with Gasteiger partial charge in [-0.25, -0.2) is 0 Å². The van der Waals surface area contributed by atoms with E-state index < -0.39 is 24.0 Å². The number of aromatic hydroxyl groups is 1. The molecule has 7 N–H and O–H groups in total. The molecule has 2 aromatic carbocycles. The summed E-state index contributed by atoms with van der Waals surface area (Å²) in [6.45, 7) is 1.72. The maximum absolute atomic E-state index is 11.3. The van der Waals surface area contributed by atoms with Gasteiger partial charge >= 0.3 is 11.9 Å². The quantitative estimate of drug-likeness (QED) is 0.433. The number of carboxylic acid groups (broad SMARTS) is 2. The van der Waals surface area contributed by atoms with Crippen LogP contribution in [-0.2, 0) is 9.59 Å². The molecule has 0 saturated heterocycles. The van der Waals surface area contributed by atoms with Crippen molar-refractivity contribution in [1.82, 2.24) is 0 Å². The van der Waals surface area contributed by atoms with E-state index in [1.807, 2.05) is 0 Å². The van der Waals surface area contributed by atoms with Crippen molar-refractivity contribution in [3.8, 4) is 16.9 Å². The van der Waals surface area contributed by atoms with Crippen molar-refractivity contribution >= 4 is 34.5 Å². The Bertz CT molecular complexity index is 853. The van der Waals surface area contributed by atoms with E-state index in [4.69, 9.17) is 16.6 Å². The van der Waals surface area contributed by atoms with Gasteiger partial charge in [-0.15, -0.1) is 0 Å². The number of carboxylic acids is 2. The molecule has 2 aromatic rings. The SMILES string of the molecule is Cc1cc(O)cc([C@H](N)C(=O)O)c1-c1cc([C@@H](N)C(=O)O)ccc1I. The second kappa shape index (κ2) is 7.38. The van der Waals surface area contributed by atoms with E-state index in [2.05, 4.69) is 22.6 Å². The summed E-state index contributed by atoms with van der Waals surface area (Å²) in [6, 6.07) is 5.18. The van der Waals surface area contributed by atoms with Gasteiger partial charge in [0.15, 0.2) is 0 Å². The van der Waals surface area contributed by atoms with Gasteiger partial charge in [-0.2, -0.15) is 0 Å². The lowest BCUT2D eigenvalue weighted by Gasteiger charge is -2.19. The Labute approximate surface area is 157 Å². The fraction of sp³-hybridized carbons (Fsp3) is 0.176. The lowest BCUT2D eigenvalue weighted by Crippen LogP contribution is -2.22. The molecule has 0 amide bonds. The number of aryl methyl sites for hydroxylation is 1. The molecule has 7 nitrogen and oxygen atoms in total. The zero-order chi connectivity index (χ0) is 18.9. The average molecular weight is 456 g/mol. The number of phenols is 1. The largest absolute Gasteiger partial charge is 0.508 e. The molecule has 132 valence electrons. The first-order valence-electron chi connectivity index (χ1n) is 7.23. The molecule has 0 radical (unpaired) electrons. The van der Waals surface area contributed by atoms with Crippen molar-refractivity contribution in [2.45, 2.75) is 19.0 Å². The molecule has 2 rings (SSSR count). The fourth-order valence-corrected chi connectivity index (χ4v) is 3.22. The van der Waals surface area contributed by atoms with Crippen LogP contribution in [0.5, 0.6) is 5.75 Å². The van der Waals surface area contributed by atoms with Crippen LogP contribution in [0.4, 0.5) is 0 Å². The van der Waals surface area contributed by atoms with Crippen molar-refractivity contribution in [2.24, 2.45) is 11.5 Å². The van der Waals surface area contributed by atoms with Gasteiger partial charge in [-0.05, 0) is 81.6 Å². The maximum atomic E-state index is 11.3. The molecule has 0 heterocycles. The normalized spacial score (nSPS) is 13.3. The second-order valence-electron chi connectivity index (χ2n) is 5.60. The Kier molecular flexibility index (Phi) is 5.65. The smallest absolute Gasteiger partial charge is 0.325 e. The van der Waals surface area contributed by atoms with Crippen molar-refractivity contribution < 1.29 is 24.9 Å². The molecule has 0 unspecified atom stereocenters. The zero-order valence-corrected chi connectivity index (χ0v) is 15.4. The first kappa shape index (κ1) is 19.2. The highest BCUT2D eigenvalue weighted by atomic mass is 127. The van der Waals surface area contributed by atoms with Crippen LogP contribution in [0.2, 0.25) is 0 Å². The monoisotopic (exact) mass is 456 g/mol. The number of hydrogen-bond donors (Lipinski definition) is 5. The maximum Gasteiger partial charge on any atom is 0.325 e. The van der Waals surface area contributed by atoms with Crippen molar-refractivity contribution in [2.75, 3.05) is 0 Å². The molecule has 25 heavy (non-hydrogen) atoms. The summed E-state index contributed by atoms with van der Waals surface area (Å²) in [5, 5.41) is 28.2. The topological polar surface area (TPSA) is 147 Å². The number of benzene rings is 2. The van der Waals surface area contributed by atoms with Crippen LogP contribution in [-0.4, -0.2) is 27.3 Å². The molecule has 0 aromatic heterocycles. The summed E-state index contributed by atoms with van der Waals surface area (Å²) in [4.78, 5) is 22.5. The highest BCUT2D eigenvalue weighted by Crippen LogP contribution is 2.37. The number of phenolic OH excluding ortho intramolecular Hbond substituents is 1. The number of carbonyl (C=O) groups is 2. The molecule has 0 spiro atoms.